The van der Waals surface area contributed by atoms with Gasteiger partial charge in [-0.25, -0.2) is 0 Å². The standard InChI is InChI=1S/C23H30N4O2/c1-17(28)24-15-18-11-13-27-22(14-18)20(16-25-27)23(29)26-12-7-3-6-10-21(26)19-8-4-2-5-9-19/h2,4-5,8-9,16,18,21H,3,6-7,10-15H2,1H3,(H,24,28). The van der Waals surface area contributed by atoms with Crippen molar-refractivity contribution < 1.29 is 9.59 Å². The lowest BCUT2D eigenvalue weighted by molar-refractivity contribution is -0.119. The molecule has 6 nitrogen and oxygen atoms in total. The van der Waals surface area contributed by atoms with Gasteiger partial charge in [-0.3, -0.25) is 14.3 Å². The zero-order chi connectivity index (χ0) is 20.2. The van der Waals surface area contributed by atoms with E-state index in [-0.39, 0.29) is 17.9 Å². The van der Waals surface area contributed by atoms with Crippen molar-refractivity contribution in [3.8, 4) is 0 Å². The van der Waals surface area contributed by atoms with Crippen LogP contribution in [0.2, 0.25) is 0 Å². The minimum atomic E-state index is -0.00403. The van der Waals surface area contributed by atoms with Gasteiger partial charge in [0, 0.05) is 26.6 Å². The highest BCUT2D eigenvalue weighted by molar-refractivity contribution is 5.95. The zero-order valence-corrected chi connectivity index (χ0v) is 17.1. The lowest BCUT2D eigenvalue weighted by Crippen LogP contribution is -2.36. The fourth-order valence-electron chi connectivity index (χ4n) is 4.67. The molecule has 2 unspecified atom stereocenters. The van der Waals surface area contributed by atoms with Crippen LogP contribution in [0.3, 0.4) is 0 Å². The van der Waals surface area contributed by atoms with Crippen LogP contribution in [0, 0.1) is 5.92 Å². The minimum absolute atomic E-state index is 0.00403. The predicted molar refractivity (Wildman–Crippen MR) is 111 cm³/mol. The molecular formula is C23H30N4O2. The van der Waals surface area contributed by atoms with Gasteiger partial charge in [0.15, 0.2) is 0 Å². The number of carbonyl (C=O) groups excluding carboxylic acids is 2. The summed E-state index contributed by atoms with van der Waals surface area (Å²) in [5, 5.41) is 7.43. The lowest BCUT2D eigenvalue weighted by Gasteiger charge is -2.31. The molecule has 1 aromatic heterocycles. The van der Waals surface area contributed by atoms with E-state index in [0.29, 0.717) is 12.5 Å². The van der Waals surface area contributed by atoms with Gasteiger partial charge in [-0.1, -0.05) is 43.2 Å². The Balaban J connectivity index is 1.57. The molecule has 1 fully saturated rings. The topological polar surface area (TPSA) is 67.2 Å². The number of hydrogen-bond acceptors (Lipinski definition) is 3. The number of benzene rings is 1. The molecule has 0 spiro atoms. The van der Waals surface area contributed by atoms with Gasteiger partial charge >= 0.3 is 0 Å². The number of fused-ring (bicyclic) bond motifs is 1. The maximum atomic E-state index is 13.6. The fraction of sp³-hybridized carbons (Fsp3) is 0.522. The summed E-state index contributed by atoms with van der Waals surface area (Å²) in [4.78, 5) is 27.0. The summed E-state index contributed by atoms with van der Waals surface area (Å²) in [6.07, 6.45) is 7.87. The van der Waals surface area contributed by atoms with Crippen LogP contribution in [0.5, 0.6) is 0 Å². The van der Waals surface area contributed by atoms with E-state index in [1.807, 2.05) is 10.7 Å². The van der Waals surface area contributed by atoms with E-state index in [1.54, 1.807) is 13.1 Å². The fourth-order valence-corrected chi connectivity index (χ4v) is 4.67. The Morgan fingerprint density at radius 3 is 2.72 bits per heavy atom. The Labute approximate surface area is 172 Å². The van der Waals surface area contributed by atoms with Crippen LogP contribution in [-0.2, 0) is 17.8 Å². The van der Waals surface area contributed by atoms with Crippen LogP contribution in [0.1, 0.15) is 66.7 Å². The number of amides is 2. The Kier molecular flexibility index (Phi) is 5.97. The average Bonchev–Trinajstić information content (AvgIpc) is 3.00. The summed E-state index contributed by atoms with van der Waals surface area (Å²) in [7, 11) is 0. The van der Waals surface area contributed by atoms with E-state index in [4.69, 9.17) is 0 Å². The van der Waals surface area contributed by atoms with E-state index >= 15 is 0 Å². The first-order chi connectivity index (χ1) is 14.1. The molecule has 2 aliphatic rings. The molecule has 0 saturated carbocycles. The van der Waals surface area contributed by atoms with Crippen LogP contribution < -0.4 is 5.32 Å². The zero-order valence-electron chi connectivity index (χ0n) is 17.1. The second-order valence-electron chi connectivity index (χ2n) is 8.30. The molecule has 29 heavy (non-hydrogen) atoms. The average molecular weight is 395 g/mol. The smallest absolute Gasteiger partial charge is 0.257 e. The van der Waals surface area contributed by atoms with Gasteiger partial charge in [0.1, 0.15) is 0 Å². The monoisotopic (exact) mass is 394 g/mol. The van der Waals surface area contributed by atoms with Crippen molar-refractivity contribution in [1.29, 1.82) is 0 Å². The first kappa shape index (κ1) is 19.7. The summed E-state index contributed by atoms with van der Waals surface area (Å²) in [5.41, 5.74) is 2.97. The molecular weight excluding hydrogens is 364 g/mol. The summed E-state index contributed by atoms with van der Waals surface area (Å²) in [6.45, 7) is 3.79. The number of likely N-dealkylation sites (tertiary alicyclic amines) is 1. The van der Waals surface area contributed by atoms with Crippen molar-refractivity contribution in [3.05, 3.63) is 53.3 Å². The molecule has 2 atom stereocenters. The normalized spacial score (nSPS) is 21.9. The number of aromatic nitrogens is 2. The third kappa shape index (κ3) is 4.36. The highest BCUT2D eigenvalue weighted by Crippen LogP contribution is 2.32. The molecule has 2 amide bonds. The number of carbonyl (C=O) groups is 2. The second-order valence-corrected chi connectivity index (χ2v) is 8.30. The van der Waals surface area contributed by atoms with Gasteiger partial charge in [-0.2, -0.15) is 5.10 Å². The van der Waals surface area contributed by atoms with Crippen molar-refractivity contribution in [1.82, 2.24) is 20.0 Å². The summed E-state index contributed by atoms with van der Waals surface area (Å²) in [6, 6.07) is 10.5. The molecule has 3 heterocycles. The van der Waals surface area contributed by atoms with Crippen molar-refractivity contribution in [3.63, 3.8) is 0 Å². The SMILES string of the molecule is CC(=O)NCC1CCn2ncc(C(=O)N3CCCCCC3c3ccccc3)c2C1. The summed E-state index contributed by atoms with van der Waals surface area (Å²) >= 11 is 0. The molecule has 6 heteroatoms. The molecule has 154 valence electrons. The van der Waals surface area contributed by atoms with Gasteiger partial charge in [0.2, 0.25) is 5.91 Å². The van der Waals surface area contributed by atoms with Gasteiger partial charge in [0.25, 0.3) is 5.91 Å². The van der Waals surface area contributed by atoms with E-state index < -0.39 is 0 Å². The number of hydrogen-bond donors (Lipinski definition) is 1. The summed E-state index contributed by atoms with van der Waals surface area (Å²) in [5.74, 6) is 0.446. The quantitative estimate of drug-likeness (QED) is 0.865. The highest BCUT2D eigenvalue weighted by atomic mass is 16.2. The van der Waals surface area contributed by atoms with Crippen LogP contribution in [-0.4, -0.2) is 39.6 Å². The van der Waals surface area contributed by atoms with Crippen LogP contribution in [0.4, 0.5) is 0 Å². The maximum Gasteiger partial charge on any atom is 0.257 e. The third-order valence-electron chi connectivity index (χ3n) is 6.25. The van der Waals surface area contributed by atoms with E-state index in [1.165, 1.54) is 5.56 Å². The Morgan fingerprint density at radius 1 is 1.10 bits per heavy atom. The molecule has 1 saturated heterocycles. The van der Waals surface area contributed by atoms with Crippen molar-refractivity contribution in [2.45, 2.75) is 58.0 Å². The van der Waals surface area contributed by atoms with Gasteiger partial charge in [-0.15, -0.1) is 0 Å². The highest BCUT2D eigenvalue weighted by Gasteiger charge is 2.32. The third-order valence-corrected chi connectivity index (χ3v) is 6.25. The molecule has 0 bridgehead atoms. The Bertz CT molecular complexity index is 861. The van der Waals surface area contributed by atoms with Crippen molar-refractivity contribution in [2.24, 2.45) is 5.92 Å². The largest absolute Gasteiger partial charge is 0.356 e. The van der Waals surface area contributed by atoms with Crippen LogP contribution in [0.15, 0.2) is 36.5 Å². The predicted octanol–water partition coefficient (Wildman–Crippen LogP) is 3.34. The van der Waals surface area contributed by atoms with Gasteiger partial charge in [0.05, 0.1) is 23.5 Å². The van der Waals surface area contributed by atoms with E-state index in [0.717, 1.165) is 62.9 Å². The number of rotatable bonds is 4. The Morgan fingerprint density at radius 2 is 1.93 bits per heavy atom. The number of nitrogens with one attached hydrogen (secondary N) is 1. The molecule has 1 N–H and O–H groups in total. The lowest BCUT2D eigenvalue weighted by atomic mass is 9.93. The molecule has 0 radical (unpaired) electrons. The first-order valence-electron chi connectivity index (χ1n) is 10.8. The first-order valence-corrected chi connectivity index (χ1v) is 10.8. The minimum Gasteiger partial charge on any atom is -0.356 e. The van der Waals surface area contributed by atoms with Crippen LogP contribution >= 0.6 is 0 Å². The molecule has 0 aliphatic carbocycles. The van der Waals surface area contributed by atoms with E-state index in [2.05, 4.69) is 39.6 Å². The molecule has 2 aromatic rings. The maximum absolute atomic E-state index is 13.6. The molecule has 1 aromatic carbocycles. The molecule has 4 rings (SSSR count). The Hall–Kier alpha value is -2.63. The van der Waals surface area contributed by atoms with Crippen molar-refractivity contribution >= 4 is 11.8 Å². The van der Waals surface area contributed by atoms with Crippen LogP contribution in [0.25, 0.3) is 0 Å². The number of nitrogens with zero attached hydrogens (tertiary/aromatic N) is 3. The van der Waals surface area contributed by atoms with Crippen molar-refractivity contribution in [2.75, 3.05) is 13.1 Å². The van der Waals surface area contributed by atoms with E-state index in [9.17, 15) is 9.59 Å². The molecule has 2 aliphatic heterocycles. The van der Waals surface area contributed by atoms with Gasteiger partial charge in [-0.05, 0) is 37.2 Å². The van der Waals surface area contributed by atoms with Gasteiger partial charge < -0.3 is 10.2 Å². The second kappa shape index (κ2) is 8.80. The summed E-state index contributed by atoms with van der Waals surface area (Å²) < 4.78 is 1.98. The number of aryl methyl sites for hydroxylation is 1.